The van der Waals surface area contributed by atoms with Crippen LogP contribution in [-0.4, -0.2) is 18.1 Å². The molecule has 1 aromatic carbocycles. The van der Waals surface area contributed by atoms with Crippen molar-refractivity contribution in [3.63, 3.8) is 0 Å². The zero-order valence-electron chi connectivity index (χ0n) is 9.78. The molecule has 0 radical (unpaired) electrons. The van der Waals surface area contributed by atoms with Gasteiger partial charge >= 0.3 is 5.97 Å². The smallest absolute Gasteiger partial charge is 0.340 e. The first-order valence-corrected chi connectivity index (χ1v) is 5.98. The van der Waals surface area contributed by atoms with Gasteiger partial charge in [-0.05, 0) is 24.3 Å². The predicted molar refractivity (Wildman–Crippen MR) is 71.0 cm³/mol. The summed E-state index contributed by atoms with van der Waals surface area (Å²) in [5, 5.41) is 0.680. The van der Waals surface area contributed by atoms with Crippen molar-refractivity contribution >= 4 is 29.2 Å². The third-order valence-electron chi connectivity index (χ3n) is 2.48. The normalized spacial score (nSPS) is 10.3. The average molecular weight is 300 g/mol. The Morgan fingerprint density at radius 3 is 2.68 bits per heavy atom. The summed E-state index contributed by atoms with van der Waals surface area (Å²) in [6.45, 7) is 0. The van der Waals surface area contributed by atoms with Crippen LogP contribution in [0.4, 0.5) is 4.39 Å². The molecular weight excluding hydrogens is 292 g/mol. The molecule has 0 aliphatic carbocycles. The minimum absolute atomic E-state index is 0.0235. The molecule has 0 saturated heterocycles. The fraction of sp³-hybridized carbons (Fsp3) is 0.0769. The molecule has 2 rings (SSSR count). The summed E-state index contributed by atoms with van der Waals surface area (Å²) in [5.74, 6) is -1.55. The molecule has 0 unspecified atom stereocenters. The second-order valence-electron chi connectivity index (χ2n) is 3.64. The molecule has 1 aromatic heterocycles. The van der Waals surface area contributed by atoms with Gasteiger partial charge in [-0.25, -0.2) is 9.18 Å². The Bertz CT molecular complexity index is 647. The van der Waals surface area contributed by atoms with Gasteiger partial charge in [-0.1, -0.05) is 23.2 Å². The van der Waals surface area contributed by atoms with Gasteiger partial charge < -0.3 is 4.74 Å². The minimum atomic E-state index is -0.779. The van der Waals surface area contributed by atoms with Crippen molar-refractivity contribution in [2.24, 2.45) is 0 Å². The first kappa shape index (κ1) is 13.8. The Balaban J connectivity index is 2.60. The number of ether oxygens (including phenoxy) is 1. The quantitative estimate of drug-likeness (QED) is 0.787. The number of carbonyl (C=O) groups excluding carboxylic acids is 1. The molecule has 0 bridgehead atoms. The van der Waals surface area contributed by atoms with Crippen LogP contribution >= 0.6 is 23.2 Å². The molecule has 0 fully saturated rings. The maximum atomic E-state index is 14.2. The van der Waals surface area contributed by atoms with Crippen LogP contribution in [0.3, 0.4) is 0 Å². The molecule has 3 nitrogen and oxygen atoms in total. The number of rotatable bonds is 2. The number of benzene rings is 1. The van der Waals surface area contributed by atoms with Crippen LogP contribution in [-0.2, 0) is 4.74 Å². The molecule has 0 saturated carbocycles. The van der Waals surface area contributed by atoms with Gasteiger partial charge in [0.25, 0.3) is 0 Å². The number of halogens is 3. The molecule has 0 atom stereocenters. The summed E-state index contributed by atoms with van der Waals surface area (Å²) in [6, 6.07) is 5.82. The van der Waals surface area contributed by atoms with E-state index in [0.29, 0.717) is 10.6 Å². The summed E-state index contributed by atoms with van der Waals surface area (Å²) >= 11 is 11.8. The number of pyridine rings is 1. The highest BCUT2D eigenvalue weighted by Gasteiger charge is 2.19. The average Bonchev–Trinajstić information content (AvgIpc) is 2.39. The molecule has 0 spiro atoms. The fourth-order valence-electron chi connectivity index (χ4n) is 1.58. The highest BCUT2D eigenvalue weighted by Crippen LogP contribution is 2.31. The van der Waals surface area contributed by atoms with Crippen LogP contribution in [0.25, 0.3) is 11.3 Å². The van der Waals surface area contributed by atoms with E-state index < -0.39 is 11.8 Å². The van der Waals surface area contributed by atoms with Crippen molar-refractivity contribution in [2.45, 2.75) is 0 Å². The van der Waals surface area contributed by atoms with E-state index in [1.165, 1.54) is 31.5 Å². The molecule has 0 aliphatic heterocycles. The van der Waals surface area contributed by atoms with Gasteiger partial charge in [0.2, 0.25) is 0 Å². The molecule has 0 N–H and O–H groups in total. The lowest BCUT2D eigenvalue weighted by atomic mass is 10.1. The standard InChI is InChI=1S/C13H8Cl2FNO2/c1-19-13(18)9-4-5-17-12(11(9)16)8-3-2-7(14)6-10(8)15/h2-6H,1H3. The number of nitrogens with zero attached hydrogens (tertiary/aromatic N) is 1. The van der Waals surface area contributed by atoms with Crippen LogP contribution in [0, 0.1) is 5.82 Å². The molecule has 1 heterocycles. The summed E-state index contributed by atoms with van der Waals surface area (Å²) in [6.07, 6.45) is 1.32. The number of hydrogen-bond acceptors (Lipinski definition) is 3. The van der Waals surface area contributed by atoms with Crippen LogP contribution in [0.5, 0.6) is 0 Å². The second-order valence-corrected chi connectivity index (χ2v) is 4.48. The second kappa shape index (κ2) is 5.55. The van der Waals surface area contributed by atoms with Crippen molar-refractivity contribution in [3.8, 4) is 11.3 Å². The number of hydrogen-bond donors (Lipinski definition) is 0. The van der Waals surface area contributed by atoms with Crippen LogP contribution in [0.2, 0.25) is 10.0 Å². The van der Waals surface area contributed by atoms with E-state index >= 15 is 0 Å². The number of esters is 1. The van der Waals surface area contributed by atoms with Crippen LogP contribution in [0.15, 0.2) is 30.5 Å². The zero-order valence-corrected chi connectivity index (χ0v) is 11.3. The lowest BCUT2D eigenvalue weighted by Gasteiger charge is -2.08. The van der Waals surface area contributed by atoms with Gasteiger partial charge in [0.05, 0.1) is 17.7 Å². The molecule has 6 heteroatoms. The third-order valence-corrected chi connectivity index (χ3v) is 3.03. The Kier molecular flexibility index (Phi) is 4.02. The Hall–Kier alpha value is -1.65. The van der Waals surface area contributed by atoms with Gasteiger partial charge in [-0.15, -0.1) is 0 Å². The minimum Gasteiger partial charge on any atom is -0.465 e. The summed E-state index contributed by atoms with van der Waals surface area (Å²) in [7, 11) is 1.18. The largest absolute Gasteiger partial charge is 0.465 e. The van der Waals surface area contributed by atoms with Crippen molar-refractivity contribution < 1.29 is 13.9 Å². The Morgan fingerprint density at radius 2 is 2.05 bits per heavy atom. The van der Waals surface area contributed by atoms with E-state index in [4.69, 9.17) is 23.2 Å². The highest BCUT2D eigenvalue weighted by molar-refractivity contribution is 6.36. The Labute approximate surface area is 118 Å². The number of aromatic nitrogens is 1. The maximum absolute atomic E-state index is 14.2. The van der Waals surface area contributed by atoms with E-state index in [2.05, 4.69) is 9.72 Å². The zero-order chi connectivity index (χ0) is 14.0. The van der Waals surface area contributed by atoms with E-state index in [1.807, 2.05) is 0 Å². The van der Waals surface area contributed by atoms with Crippen molar-refractivity contribution in [2.75, 3.05) is 7.11 Å². The summed E-state index contributed by atoms with van der Waals surface area (Å²) in [4.78, 5) is 15.3. The summed E-state index contributed by atoms with van der Waals surface area (Å²) in [5.41, 5.74) is 0.136. The number of methoxy groups -OCH3 is 1. The van der Waals surface area contributed by atoms with Gasteiger partial charge in [0.1, 0.15) is 5.69 Å². The molecule has 0 amide bonds. The van der Waals surface area contributed by atoms with Crippen LogP contribution < -0.4 is 0 Å². The van der Waals surface area contributed by atoms with Gasteiger partial charge in [-0.3, -0.25) is 4.98 Å². The van der Waals surface area contributed by atoms with Crippen molar-refractivity contribution in [3.05, 3.63) is 51.9 Å². The van der Waals surface area contributed by atoms with Crippen LogP contribution in [0.1, 0.15) is 10.4 Å². The topological polar surface area (TPSA) is 39.2 Å². The van der Waals surface area contributed by atoms with Crippen molar-refractivity contribution in [1.29, 1.82) is 0 Å². The first-order valence-electron chi connectivity index (χ1n) is 5.23. The fourth-order valence-corrected chi connectivity index (χ4v) is 2.08. The highest BCUT2D eigenvalue weighted by atomic mass is 35.5. The molecule has 19 heavy (non-hydrogen) atoms. The monoisotopic (exact) mass is 299 g/mol. The lowest BCUT2D eigenvalue weighted by Crippen LogP contribution is -2.06. The Morgan fingerprint density at radius 1 is 1.32 bits per heavy atom. The first-order chi connectivity index (χ1) is 9.04. The van der Waals surface area contributed by atoms with Gasteiger partial charge in [-0.2, -0.15) is 0 Å². The predicted octanol–water partition coefficient (Wildman–Crippen LogP) is 3.98. The van der Waals surface area contributed by atoms with E-state index in [1.54, 1.807) is 6.07 Å². The molecule has 2 aromatic rings. The van der Waals surface area contributed by atoms with Crippen molar-refractivity contribution in [1.82, 2.24) is 4.98 Å². The van der Waals surface area contributed by atoms with E-state index in [-0.39, 0.29) is 16.3 Å². The van der Waals surface area contributed by atoms with E-state index in [0.717, 1.165) is 0 Å². The summed E-state index contributed by atoms with van der Waals surface area (Å²) < 4.78 is 18.7. The lowest BCUT2D eigenvalue weighted by molar-refractivity contribution is 0.0595. The van der Waals surface area contributed by atoms with Gasteiger partial charge in [0.15, 0.2) is 5.82 Å². The third kappa shape index (κ3) is 2.69. The SMILES string of the molecule is COC(=O)c1ccnc(-c2ccc(Cl)cc2Cl)c1F. The van der Waals surface area contributed by atoms with Gasteiger partial charge in [0, 0.05) is 16.8 Å². The van der Waals surface area contributed by atoms with E-state index in [9.17, 15) is 9.18 Å². The molecule has 98 valence electrons. The molecular formula is C13H8Cl2FNO2. The maximum Gasteiger partial charge on any atom is 0.340 e. The number of carbonyl (C=O) groups is 1. The molecule has 0 aliphatic rings.